The summed E-state index contributed by atoms with van der Waals surface area (Å²) in [6.07, 6.45) is 3.25. The zero-order valence-electron chi connectivity index (χ0n) is 10.8. The molecule has 0 aliphatic heterocycles. The van der Waals surface area contributed by atoms with Crippen LogP contribution in [0.2, 0.25) is 0 Å². The van der Waals surface area contributed by atoms with Gasteiger partial charge in [0.2, 0.25) is 5.91 Å². The maximum Gasteiger partial charge on any atom is 0.246 e. The Kier molecular flexibility index (Phi) is 3.52. The number of phenolic OH excluding ortho intramolecular Hbond substituents is 1. The van der Waals surface area contributed by atoms with Gasteiger partial charge in [-0.1, -0.05) is 0 Å². The number of carbonyl (C=O) groups excluding carboxylic acids is 1. The van der Waals surface area contributed by atoms with Crippen molar-refractivity contribution in [2.75, 3.05) is 5.32 Å². The fourth-order valence-corrected chi connectivity index (χ4v) is 1.81. The maximum atomic E-state index is 12.0. The van der Waals surface area contributed by atoms with Gasteiger partial charge < -0.3 is 16.2 Å². The molecule has 0 bridgehead atoms. The molecule has 1 amide bonds. The lowest BCUT2D eigenvalue weighted by atomic mass is 10.1. The lowest BCUT2D eigenvalue weighted by Crippen LogP contribution is -2.27. The summed E-state index contributed by atoms with van der Waals surface area (Å²) in [5.74, 6) is -0.247. The molecular formula is C13H16N4O2. The van der Waals surface area contributed by atoms with Gasteiger partial charge in [-0.25, -0.2) is 0 Å². The van der Waals surface area contributed by atoms with E-state index in [1.165, 1.54) is 6.07 Å². The highest BCUT2D eigenvalue weighted by Crippen LogP contribution is 2.20. The Morgan fingerprint density at radius 1 is 1.47 bits per heavy atom. The molecule has 0 spiro atoms. The molecule has 2 rings (SSSR count). The minimum Gasteiger partial charge on any atom is -0.508 e. The molecule has 4 N–H and O–H groups in total. The first-order valence-corrected chi connectivity index (χ1v) is 5.81. The number of benzene rings is 1. The Labute approximate surface area is 110 Å². The predicted molar refractivity (Wildman–Crippen MR) is 71.6 cm³/mol. The van der Waals surface area contributed by atoms with E-state index in [-0.39, 0.29) is 11.7 Å². The summed E-state index contributed by atoms with van der Waals surface area (Å²) in [4.78, 5) is 12.0. The van der Waals surface area contributed by atoms with Crippen LogP contribution in [0.5, 0.6) is 5.75 Å². The number of nitrogens with zero attached hydrogens (tertiary/aromatic N) is 2. The van der Waals surface area contributed by atoms with Crippen molar-refractivity contribution in [1.29, 1.82) is 0 Å². The molecule has 0 saturated carbocycles. The van der Waals surface area contributed by atoms with Crippen LogP contribution in [0.1, 0.15) is 17.2 Å². The Morgan fingerprint density at radius 3 is 2.79 bits per heavy atom. The van der Waals surface area contributed by atoms with Crippen LogP contribution in [0.4, 0.5) is 5.69 Å². The van der Waals surface area contributed by atoms with E-state index < -0.39 is 6.04 Å². The molecule has 100 valence electrons. The monoisotopic (exact) mass is 260 g/mol. The summed E-state index contributed by atoms with van der Waals surface area (Å²) >= 11 is 0. The van der Waals surface area contributed by atoms with Gasteiger partial charge in [-0.15, -0.1) is 0 Å². The van der Waals surface area contributed by atoms with E-state index in [1.807, 2.05) is 6.92 Å². The van der Waals surface area contributed by atoms with Crippen molar-refractivity contribution in [3.63, 3.8) is 0 Å². The number of amides is 1. The van der Waals surface area contributed by atoms with E-state index in [2.05, 4.69) is 10.4 Å². The van der Waals surface area contributed by atoms with Crippen molar-refractivity contribution in [2.24, 2.45) is 12.8 Å². The normalized spacial score (nSPS) is 12.2. The molecule has 0 aliphatic carbocycles. The lowest BCUT2D eigenvalue weighted by Gasteiger charge is -2.11. The Bertz CT molecular complexity index is 586. The summed E-state index contributed by atoms with van der Waals surface area (Å²) in [5.41, 5.74) is 7.85. The molecule has 1 heterocycles. The molecule has 2 aromatic rings. The van der Waals surface area contributed by atoms with Crippen LogP contribution in [0.25, 0.3) is 0 Å². The number of hydrogen-bond acceptors (Lipinski definition) is 4. The average Bonchev–Trinajstić information content (AvgIpc) is 2.73. The van der Waals surface area contributed by atoms with Gasteiger partial charge in [-0.2, -0.15) is 5.10 Å². The van der Waals surface area contributed by atoms with Gasteiger partial charge in [0.25, 0.3) is 0 Å². The quantitative estimate of drug-likeness (QED) is 0.769. The van der Waals surface area contributed by atoms with Crippen LogP contribution in [-0.4, -0.2) is 20.8 Å². The van der Waals surface area contributed by atoms with E-state index in [0.717, 1.165) is 5.56 Å². The minimum absolute atomic E-state index is 0.102. The highest BCUT2D eigenvalue weighted by Gasteiger charge is 2.17. The van der Waals surface area contributed by atoms with Crippen molar-refractivity contribution in [3.05, 3.63) is 41.7 Å². The second-order valence-electron chi connectivity index (χ2n) is 4.47. The SMILES string of the molecule is Cc1cc(O)cc(NC(=O)C(N)c2cnn(C)c2)c1. The van der Waals surface area contributed by atoms with Crippen LogP contribution in [-0.2, 0) is 11.8 Å². The number of anilines is 1. The average molecular weight is 260 g/mol. The molecule has 0 saturated heterocycles. The standard InChI is InChI=1S/C13H16N4O2/c1-8-3-10(5-11(18)4-8)16-13(19)12(14)9-6-15-17(2)7-9/h3-7,12,18H,14H2,1-2H3,(H,16,19). The van der Waals surface area contributed by atoms with E-state index in [9.17, 15) is 9.90 Å². The van der Waals surface area contributed by atoms with Crippen molar-refractivity contribution in [1.82, 2.24) is 9.78 Å². The second kappa shape index (κ2) is 5.11. The van der Waals surface area contributed by atoms with E-state index in [0.29, 0.717) is 11.3 Å². The summed E-state index contributed by atoms with van der Waals surface area (Å²) < 4.78 is 1.58. The highest BCUT2D eigenvalue weighted by molar-refractivity contribution is 5.95. The third-order valence-corrected chi connectivity index (χ3v) is 2.70. The fraction of sp³-hybridized carbons (Fsp3) is 0.231. The van der Waals surface area contributed by atoms with Gasteiger partial charge in [0.15, 0.2) is 0 Å². The number of aromatic hydroxyl groups is 1. The van der Waals surface area contributed by atoms with Crippen molar-refractivity contribution >= 4 is 11.6 Å². The van der Waals surface area contributed by atoms with Crippen molar-refractivity contribution in [2.45, 2.75) is 13.0 Å². The number of aryl methyl sites for hydroxylation is 2. The largest absolute Gasteiger partial charge is 0.508 e. The zero-order chi connectivity index (χ0) is 14.0. The van der Waals surface area contributed by atoms with Crippen LogP contribution < -0.4 is 11.1 Å². The number of nitrogens with one attached hydrogen (secondary N) is 1. The van der Waals surface area contributed by atoms with Crippen LogP contribution in [0.3, 0.4) is 0 Å². The third-order valence-electron chi connectivity index (χ3n) is 2.70. The number of hydrogen-bond donors (Lipinski definition) is 3. The highest BCUT2D eigenvalue weighted by atomic mass is 16.3. The molecule has 0 aliphatic rings. The van der Waals surface area contributed by atoms with E-state index in [4.69, 9.17) is 5.73 Å². The van der Waals surface area contributed by atoms with Crippen LogP contribution in [0, 0.1) is 6.92 Å². The summed E-state index contributed by atoms with van der Waals surface area (Å²) in [7, 11) is 1.76. The molecule has 1 aromatic carbocycles. The van der Waals surface area contributed by atoms with Gasteiger partial charge in [0.05, 0.1) is 6.20 Å². The van der Waals surface area contributed by atoms with E-state index in [1.54, 1.807) is 36.3 Å². The smallest absolute Gasteiger partial charge is 0.246 e. The number of rotatable bonds is 3. The molecule has 6 nitrogen and oxygen atoms in total. The van der Waals surface area contributed by atoms with Crippen LogP contribution in [0.15, 0.2) is 30.6 Å². The third kappa shape index (κ3) is 3.11. The molecular weight excluding hydrogens is 244 g/mol. The Balaban J connectivity index is 2.12. The number of aromatic nitrogens is 2. The van der Waals surface area contributed by atoms with Crippen molar-refractivity contribution in [3.8, 4) is 5.75 Å². The lowest BCUT2D eigenvalue weighted by molar-refractivity contribution is -0.117. The van der Waals surface area contributed by atoms with E-state index >= 15 is 0 Å². The second-order valence-corrected chi connectivity index (χ2v) is 4.47. The molecule has 6 heteroatoms. The zero-order valence-corrected chi connectivity index (χ0v) is 10.8. The number of phenols is 1. The molecule has 0 fully saturated rings. The Morgan fingerprint density at radius 2 is 2.21 bits per heavy atom. The topological polar surface area (TPSA) is 93.2 Å². The molecule has 0 radical (unpaired) electrons. The maximum absolute atomic E-state index is 12.0. The van der Waals surface area contributed by atoms with Gasteiger partial charge in [0.1, 0.15) is 11.8 Å². The first-order chi connectivity index (χ1) is 8.95. The number of nitrogens with two attached hydrogens (primary N) is 1. The van der Waals surface area contributed by atoms with Crippen LogP contribution >= 0.6 is 0 Å². The molecule has 1 aromatic heterocycles. The Hall–Kier alpha value is -2.34. The first kappa shape index (κ1) is 13.1. The van der Waals surface area contributed by atoms with Crippen molar-refractivity contribution < 1.29 is 9.90 Å². The van der Waals surface area contributed by atoms with Gasteiger partial charge in [-0.3, -0.25) is 9.48 Å². The summed E-state index contributed by atoms with van der Waals surface area (Å²) in [5, 5.41) is 16.1. The predicted octanol–water partition coefficient (Wildman–Crippen LogP) is 1.07. The molecule has 1 unspecified atom stereocenters. The van der Waals surface area contributed by atoms with Gasteiger partial charge in [-0.05, 0) is 24.6 Å². The number of carbonyl (C=O) groups is 1. The first-order valence-electron chi connectivity index (χ1n) is 5.81. The molecule has 1 atom stereocenters. The van der Waals surface area contributed by atoms with Gasteiger partial charge >= 0.3 is 0 Å². The molecule has 19 heavy (non-hydrogen) atoms. The van der Waals surface area contributed by atoms with Gasteiger partial charge in [0, 0.05) is 30.6 Å². The summed E-state index contributed by atoms with van der Waals surface area (Å²) in [6, 6.07) is 4.04. The fourth-order valence-electron chi connectivity index (χ4n) is 1.81. The summed E-state index contributed by atoms with van der Waals surface area (Å²) in [6.45, 7) is 1.83. The minimum atomic E-state index is -0.795.